The molecular formula is C27H33Cl2N3O7. The molecule has 12 heteroatoms. The molecule has 0 heterocycles. The summed E-state index contributed by atoms with van der Waals surface area (Å²) in [5.74, 6) is -1.95. The minimum atomic E-state index is -1.17. The second-order valence-corrected chi connectivity index (χ2v) is 10.6. The third-order valence-corrected chi connectivity index (χ3v) is 6.15. The van der Waals surface area contributed by atoms with Gasteiger partial charge < -0.3 is 30.5 Å². The Bertz CT molecular complexity index is 1190. The molecule has 0 saturated carbocycles. The van der Waals surface area contributed by atoms with Gasteiger partial charge in [-0.2, -0.15) is 0 Å². The molecule has 212 valence electrons. The van der Waals surface area contributed by atoms with Crippen LogP contribution in [0, 0.1) is 0 Å². The van der Waals surface area contributed by atoms with Gasteiger partial charge in [-0.1, -0.05) is 35.3 Å². The van der Waals surface area contributed by atoms with Gasteiger partial charge in [-0.15, -0.1) is 0 Å². The fraction of sp³-hybridized carbons (Fsp3) is 0.407. The van der Waals surface area contributed by atoms with Gasteiger partial charge in [-0.3, -0.25) is 14.4 Å². The van der Waals surface area contributed by atoms with Crippen molar-refractivity contribution >= 4 is 47.1 Å². The molecule has 0 unspecified atom stereocenters. The molecule has 2 rings (SSSR count). The van der Waals surface area contributed by atoms with Gasteiger partial charge in [-0.25, -0.2) is 4.79 Å². The van der Waals surface area contributed by atoms with E-state index in [2.05, 4.69) is 20.7 Å². The Morgan fingerprint density at radius 2 is 1.62 bits per heavy atom. The molecule has 39 heavy (non-hydrogen) atoms. The number of amides is 3. The van der Waals surface area contributed by atoms with Crippen LogP contribution in [0.1, 0.15) is 44.4 Å². The Kier molecular flexibility index (Phi) is 11.4. The lowest BCUT2D eigenvalue weighted by Crippen LogP contribution is -2.54. The van der Waals surface area contributed by atoms with E-state index in [1.54, 1.807) is 45.0 Å². The van der Waals surface area contributed by atoms with E-state index in [0.717, 1.165) is 0 Å². The number of carbonyl (C=O) groups excluding carboxylic acids is 4. The number of nitrogens with one attached hydrogen (secondary N) is 3. The monoisotopic (exact) mass is 581 g/mol. The van der Waals surface area contributed by atoms with Crippen molar-refractivity contribution in [2.75, 3.05) is 13.7 Å². The zero-order valence-electron chi connectivity index (χ0n) is 22.4. The van der Waals surface area contributed by atoms with Gasteiger partial charge in [-0.05, 0) is 68.7 Å². The Morgan fingerprint density at radius 1 is 0.974 bits per heavy atom. The van der Waals surface area contributed by atoms with E-state index in [-0.39, 0.29) is 25.1 Å². The predicted octanol–water partition coefficient (Wildman–Crippen LogP) is 3.52. The number of halogens is 2. The van der Waals surface area contributed by atoms with Crippen LogP contribution in [0.2, 0.25) is 10.0 Å². The minimum Gasteiger partial charge on any atom is -0.508 e. The summed E-state index contributed by atoms with van der Waals surface area (Å²) in [6.07, 6.45) is -0.603. The number of ether oxygens (including phenoxy) is 2. The first-order chi connectivity index (χ1) is 18.2. The van der Waals surface area contributed by atoms with Gasteiger partial charge in [0.2, 0.25) is 11.8 Å². The molecule has 0 aliphatic heterocycles. The van der Waals surface area contributed by atoms with Crippen LogP contribution in [0.5, 0.6) is 5.75 Å². The highest BCUT2D eigenvalue weighted by molar-refractivity contribution is 6.36. The third kappa shape index (κ3) is 10.3. The van der Waals surface area contributed by atoms with E-state index < -0.39 is 41.6 Å². The number of benzene rings is 2. The molecule has 2 aromatic carbocycles. The van der Waals surface area contributed by atoms with Gasteiger partial charge >= 0.3 is 12.1 Å². The molecule has 0 aliphatic carbocycles. The lowest BCUT2D eigenvalue weighted by Gasteiger charge is -2.25. The largest absolute Gasteiger partial charge is 0.508 e. The number of hydrogen-bond acceptors (Lipinski definition) is 7. The fourth-order valence-corrected chi connectivity index (χ4v) is 4.04. The first-order valence-corrected chi connectivity index (χ1v) is 12.8. The molecule has 4 N–H and O–H groups in total. The second kappa shape index (κ2) is 14.0. The molecule has 0 fully saturated rings. The highest BCUT2D eigenvalue weighted by Gasteiger charge is 2.28. The molecule has 0 aromatic heterocycles. The summed E-state index contributed by atoms with van der Waals surface area (Å²) in [5.41, 5.74) is 1.04. The number of alkyl carbamates (subject to hydrolysis) is 1. The topological polar surface area (TPSA) is 143 Å². The Labute approximate surface area is 237 Å². The maximum atomic E-state index is 13.3. The molecule has 2 atom stereocenters. The Hall–Kier alpha value is -3.50. The first kappa shape index (κ1) is 31.7. The van der Waals surface area contributed by atoms with E-state index >= 15 is 0 Å². The molecule has 0 saturated heterocycles. The molecule has 3 amide bonds. The average molecular weight is 582 g/mol. The number of carbonyl (C=O) groups is 4. The number of methoxy groups -OCH3 is 1. The minimum absolute atomic E-state index is 0.00562. The van der Waals surface area contributed by atoms with Gasteiger partial charge in [0.1, 0.15) is 30.0 Å². The zero-order chi connectivity index (χ0) is 29.3. The first-order valence-electron chi connectivity index (χ1n) is 12.1. The van der Waals surface area contributed by atoms with Crippen LogP contribution in [0.3, 0.4) is 0 Å². The summed E-state index contributed by atoms with van der Waals surface area (Å²) in [7, 11) is 1.18. The van der Waals surface area contributed by atoms with E-state index in [0.29, 0.717) is 26.7 Å². The number of hydrogen-bond donors (Lipinski definition) is 4. The molecule has 2 aromatic rings. The smallest absolute Gasteiger partial charge is 0.408 e. The lowest BCUT2D eigenvalue weighted by atomic mass is 9.94. The number of esters is 1. The predicted molar refractivity (Wildman–Crippen MR) is 147 cm³/mol. The highest BCUT2D eigenvalue weighted by Crippen LogP contribution is 2.29. The van der Waals surface area contributed by atoms with Gasteiger partial charge in [0.25, 0.3) is 0 Å². The molecule has 0 radical (unpaired) electrons. The van der Waals surface area contributed by atoms with E-state index in [1.807, 2.05) is 0 Å². The summed E-state index contributed by atoms with van der Waals surface area (Å²) in [4.78, 5) is 49.5. The van der Waals surface area contributed by atoms with Crippen LogP contribution in [0.15, 0.2) is 36.4 Å². The van der Waals surface area contributed by atoms with E-state index in [4.69, 9.17) is 27.9 Å². The zero-order valence-corrected chi connectivity index (χ0v) is 23.9. The van der Waals surface area contributed by atoms with Gasteiger partial charge in [0, 0.05) is 22.9 Å². The molecule has 10 nitrogen and oxygen atoms in total. The quantitative estimate of drug-likeness (QED) is 0.314. The SMILES string of the molecule is COC(=O)CNC(=O)[C@@H](C)NC(=O)[C@H](Cc1ccc(O)cc1Cc1c(Cl)cccc1Cl)NC(=O)OC(C)(C)C. The number of rotatable bonds is 10. The van der Waals surface area contributed by atoms with E-state index in [1.165, 1.54) is 26.2 Å². The summed E-state index contributed by atoms with van der Waals surface area (Å²) in [6, 6.07) is 7.51. The number of phenols is 1. The maximum Gasteiger partial charge on any atom is 0.408 e. The van der Waals surface area contributed by atoms with Crippen LogP contribution in [-0.4, -0.2) is 60.3 Å². The standard InChI is InChI=1S/C27H33Cl2N3O7/c1-15(24(35)30-14-23(34)38-5)31-25(36)22(32-26(37)39-27(2,3)4)13-16-9-10-18(33)11-17(16)12-19-20(28)7-6-8-21(19)29/h6-11,15,22,33H,12-14H2,1-5H3,(H,30,35)(H,31,36)(H,32,37)/t15-,22+/m1/s1. The second-order valence-electron chi connectivity index (χ2n) is 9.76. The van der Waals surface area contributed by atoms with Crippen LogP contribution in [0.25, 0.3) is 0 Å². The number of phenolic OH excluding ortho intramolecular Hbond substituents is 1. The summed E-state index contributed by atoms with van der Waals surface area (Å²) >= 11 is 12.7. The number of aromatic hydroxyl groups is 1. The molecular weight excluding hydrogens is 549 g/mol. The van der Waals surface area contributed by atoms with Crippen molar-refractivity contribution in [3.05, 3.63) is 63.1 Å². The van der Waals surface area contributed by atoms with Crippen LogP contribution in [0.4, 0.5) is 4.79 Å². The molecule has 0 spiro atoms. The Balaban J connectivity index is 2.32. The fourth-order valence-electron chi connectivity index (χ4n) is 3.51. The third-order valence-electron chi connectivity index (χ3n) is 5.44. The average Bonchev–Trinajstić information content (AvgIpc) is 2.84. The summed E-state index contributed by atoms with van der Waals surface area (Å²) < 4.78 is 9.82. The van der Waals surface area contributed by atoms with Gasteiger partial charge in [0.15, 0.2) is 0 Å². The van der Waals surface area contributed by atoms with Gasteiger partial charge in [0.05, 0.1) is 7.11 Å². The summed E-state index contributed by atoms with van der Waals surface area (Å²) in [6.45, 7) is 6.11. The lowest BCUT2D eigenvalue weighted by molar-refractivity contribution is -0.141. The van der Waals surface area contributed by atoms with Crippen molar-refractivity contribution in [1.82, 2.24) is 16.0 Å². The highest BCUT2D eigenvalue weighted by atomic mass is 35.5. The van der Waals surface area contributed by atoms with Crippen LogP contribution in [-0.2, 0) is 36.7 Å². The maximum absolute atomic E-state index is 13.3. The van der Waals surface area contributed by atoms with Crippen molar-refractivity contribution in [2.45, 2.75) is 58.2 Å². The van der Waals surface area contributed by atoms with Crippen LogP contribution < -0.4 is 16.0 Å². The van der Waals surface area contributed by atoms with Crippen molar-refractivity contribution in [1.29, 1.82) is 0 Å². The van der Waals surface area contributed by atoms with Crippen molar-refractivity contribution in [3.8, 4) is 5.75 Å². The normalized spacial score (nSPS) is 12.6. The Morgan fingerprint density at radius 3 is 2.21 bits per heavy atom. The van der Waals surface area contributed by atoms with Crippen LogP contribution >= 0.6 is 23.2 Å². The van der Waals surface area contributed by atoms with Crippen molar-refractivity contribution in [2.24, 2.45) is 0 Å². The molecule has 0 bridgehead atoms. The van der Waals surface area contributed by atoms with Crippen molar-refractivity contribution < 1.29 is 33.8 Å². The van der Waals surface area contributed by atoms with Crippen molar-refractivity contribution in [3.63, 3.8) is 0 Å². The summed E-state index contributed by atoms with van der Waals surface area (Å²) in [5, 5.41) is 18.5. The van der Waals surface area contributed by atoms with E-state index in [9.17, 15) is 24.3 Å². The molecule has 0 aliphatic rings.